The first-order chi connectivity index (χ1) is 24.3. The Balaban J connectivity index is 1.04. The lowest BCUT2D eigenvalue weighted by atomic mass is 9.56. The van der Waals surface area contributed by atoms with Crippen molar-refractivity contribution >= 4 is 11.7 Å². The van der Waals surface area contributed by atoms with Gasteiger partial charge in [0.15, 0.2) is 0 Å². The van der Waals surface area contributed by atoms with Crippen molar-refractivity contribution < 1.29 is 18.3 Å². The van der Waals surface area contributed by atoms with Crippen LogP contribution < -0.4 is 4.90 Å². The van der Waals surface area contributed by atoms with Gasteiger partial charge in [0.25, 0.3) is 0 Å². The highest BCUT2D eigenvalue weighted by atomic mass is 19.1. The molecule has 0 amide bonds. The number of ether oxygens (including phenoxy) is 1. The van der Waals surface area contributed by atoms with Crippen LogP contribution in [0, 0.1) is 40.8 Å². The van der Waals surface area contributed by atoms with E-state index in [1.807, 2.05) is 18.2 Å². The van der Waals surface area contributed by atoms with Crippen LogP contribution in [-0.4, -0.2) is 99.4 Å². The molecule has 1 aliphatic carbocycles. The molecule has 270 valence electrons. The molecule has 5 fully saturated rings. The minimum absolute atomic E-state index is 0.124. The molecule has 0 bridgehead atoms. The number of nitrogens with zero attached hydrogens (tertiary/aromatic N) is 5. The molecular weight excluding hydrogens is 632 g/mol. The zero-order valence-electron chi connectivity index (χ0n) is 29.9. The smallest absolute Gasteiger partial charge is 0.305 e. The van der Waals surface area contributed by atoms with E-state index in [4.69, 9.17) is 4.74 Å². The fourth-order valence-corrected chi connectivity index (χ4v) is 10.4. The van der Waals surface area contributed by atoms with Gasteiger partial charge in [-0.25, -0.2) is 8.78 Å². The van der Waals surface area contributed by atoms with Crippen molar-refractivity contribution in [1.82, 2.24) is 14.7 Å². The van der Waals surface area contributed by atoms with Crippen LogP contribution in [0.5, 0.6) is 0 Å². The molecule has 4 saturated heterocycles. The molecule has 4 aliphatic heterocycles. The molecule has 0 unspecified atom stereocenters. The number of rotatable bonds is 12. The molecule has 0 aromatic heterocycles. The molecule has 7 nitrogen and oxygen atoms in total. The van der Waals surface area contributed by atoms with Gasteiger partial charge in [-0.2, -0.15) is 5.26 Å². The second-order valence-electron chi connectivity index (χ2n) is 16.1. The van der Waals surface area contributed by atoms with Gasteiger partial charge >= 0.3 is 5.97 Å². The van der Waals surface area contributed by atoms with Crippen molar-refractivity contribution in [2.75, 3.05) is 77.5 Å². The molecule has 50 heavy (non-hydrogen) atoms. The van der Waals surface area contributed by atoms with E-state index < -0.39 is 6.17 Å². The summed E-state index contributed by atoms with van der Waals surface area (Å²) in [5, 5.41) is 9.65. The summed E-state index contributed by atoms with van der Waals surface area (Å²) in [7, 11) is 1.50. The van der Waals surface area contributed by atoms with Crippen LogP contribution in [0.25, 0.3) is 0 Å². The van der Waals surface area contributed by atoms with Gasteiger partial charge in [0.05, 0.1) is 18.7 Å². The van der Waals surface area contributed by atoms with Crippen LogP contribution in [0.3, 0.4) is 0 Å². The topological polar surface area (TPSA) is 63.1 Å². The number of esters is 1. The van der Waals surface area contributed by atoms with E-state index in [2.05, 4.69) is 43.9 Å². The Hall–Kier alpha value is -3.06. The van der Waals surface area contributed by atoms with Crippen molar-refractivity contribution in [2.45, 2.75) is 75.9 Å². The van der Waals surface area contributed by atoms with Gasteiger partial charge in [0, 0.05) is 69.3 Å². The normalized spacial score (nSPS) is 25.8. The first-order valence-corrected chi connectivity index (χ1v) is 19.3. The summed E-state index contributed by atoms with van der Waals surface area (Å²) in [5.41, 5.74) is 3.76. The Bertz CT molecular complexity index is 1510. The van der Waals surface area contributed by atoms with Crippen molar-refractivity contribution in [3.63, 3.8) is 0 Å². The lowest BCUT2D eigenvalue weighted by molar-refractivity contribution is -0.142. The molecular formula is C41H55F2N5O2. The van der Waals surface area contributed by atoms with E-state index in [0.717, 1.165) is 101 Å². The minimum Gasteiger partial charge on any atom is -0.469 e. The fourth-order valence-electron chi connectivity index (χ4n) is 10.4. The van der Waals surface area contributed by atoms with E-state index in [0.29, 0.717) is 49.4 Å². The standard InChI is InChI=1S/C41H55F2N5O2/c1-50-40(49)20-31-7-5-10-39(31)41(29-46-15-3-2-4-16-46,35-8-6-9-36(42)21-35)34-13-17-45(18-14-34)23-30-24-48(25-30)38-12-11-32(22-44)33(19-38)26-47-27-37(43)28-47/h6,8-9,11-12,19,21,30-31,34,37,39H,2-5,7,10,13-18,20,23-29H2,1H3/t31-,39+,41+/m1/s1. The molecule has 2 aromatic rings. The van der Waals surface area contributed by atoms with Crippen LogP contribution in [-0.2, 0) is 21.5 Å². The summed E-state index contributed by atoms with van der Waals surface area (Å²) in [5.74, 6) is 1.29. The van der Waals surface area contributed by atoms with Crippen molar-refractivity contribution in [1.29, 1.82) is 5.26 Å². The van der Waals surface area contributed by atoms with Crippen molar-refractivity contribution in [2.24, 2.45) is 23.7 Å². The maximum atomic E-state index is 15.1. The third kappa shape index (κ3) is 7.59. The summed E-state index contributed by atoms with van der Waals surface area (Å²) in [4.78, 5) is 22.5. The number of hydrogen-bond donors (Lipinski definition) is 0. The number of benzene rings is 2. The number of hydrogen-bond acceptors (Lipinski definition) is 7. The van der Waals surface area contributed by atoms with Gasteiger partial charge in [-0.3, -0.25) is 9.69 Å². The Kier molecular flexibility index (Phi) is 11.1. The van der Waals surface area contributed by atoms with Gasteiger partial charge in [-0.1, -0.05) is 25.0 Å². The average Bonchev–Trinajstić information content (AvgIpc) is 3.57. The van der Waals surface area contributed by atoms with E-state index in [-0.39, 0.29) is 23.1 Å². The quantitative estimate of drug-likeness (QED) is 0.240. The maximum absolute atomic E-state index is 15.1. The lowest BCUT2D eigenvalue weighted by Crippen LogP contribution is -2.57. The molecule has 9 heteroatoms. The number of carbonyl (C=O) groups excluding carboxylic acids is 1. The third-order valence-corrected chi connectivity index (χ3v) is 12.9. The predicted molar refractivity (Wildman–Crippen MR) is 192 cm³/mol. The molecule has 2 aromatic carbocycles. The predicted octanol–water partition coefficient (Wildman–Crippen LogP) is 6.40. The molecule has 4 heterocycles. The number of halogens is 2. The molecule has 0 spiro atoms. The molecule has 0 radical (unpaired) electrons. The zero-order chi connectivity index (χ0) is 34.7. The third-order valence-electron chi connectivity index (χ3n) is 12.9. The average molecular weight is 688 g/mol. The highest BCUT2D eigenvalue weighted by molar-refractivity contribution is 5.69. The number of methoxy groups -OCH3 is 1. The zero-order valence-corrected chi connectivity index (χ0v) is 29.9. The summed E-state index contributed by atoms with van der Waals surface area (Å²) >= 11 is 0. The summed E-state index contributed by atoms with van der Waals surface area (Å²) in [6.45, 7) is 9.83. The second-order valence-corrected chi connectivity index (χ2v) is 16.1. The molecule has 0 N–H and O–H groups in total. The van der Waals surface area contributed by atoms with Gasteiger partial charge < -0.3 is 19.4 Å². The number of piperidine rings is 2. The first-order valence-electron chi connectivity index (χ1n) is 19.3. The van der Waals surface area contributed by atoms with Gasteiger partial charge in [-0.05, 0) is 124 Å². The highest BCUT2D eigenvalue weighted by Crippen LogP contribution is 2.54. The van der Waals surface area contributed by atoms with Gasteiger partial charge in [0.2, 0.25) is 0 Å². The van der Waals surface area contributed by atoms with E-state index >= 15 is 4.39 Å². The summed E-state index contributed by atoms with van der Waals surface area (Å²) < 4.78 is 33.7. The number of likely N-dealkylation sites (tertiary alicyclic amines) is 3. The first kappa shape index (κ1) is 35.3. The van der Waals surface area contributed by atoms with E-state index in [9.17, 15) is 14.4 Å². The van der Waals surface area contributed by atoms with Crippen molar-refractivity contribution in [3.8, 4) is 6.07 Å². The monoisotopic (exact) mass is 687 g/mol. The maximum Gasteiger partial charge on any atom is 0.305 e. The number of alkyl halides is 1. The number of nitriles is 1. The van der Waals surface area contributed by atoms with Crippen LogP contribution in [0.15, 0.2) is 42.5 Å². The van der Waals surface area contributed by atoms with Crippen molar-refractivity contribution in [3.05, 3.63) is 65.0 Å². The largest absolute Gasteiger partial charge is 0.469 e. The van der Waals surface area contributed by atoms with E-state index in [1.54, 1.807) is 6.07 Å². The minimum atomic E-state index is -0.747. The van der Waals surface area contributed by atoms with Crippen LogP contribution >= 0.6 is 0 Å². The molecule has 5 aliphatic rings. The van der Waals surface area contributed by atoms with Gasteiger partial charge in [0.1, 0.15) is 12.0 Å². The summed E-state index contributed by atoms with van der Waals surface area (Å²) in [6, 6.07) is 15.9. The summed E-state index contributed by atoms with van der Waals surface area (Å²) in [6.07, 6.45) is 8.80. The second kappa shape index (κ2) is 15.7. The SMILES string of the molecule is COC(=O)C[C@H]1CCC[C@@H]1[C@](CN1CCCCC1)(c1cccc(F)c1)C1CCN(CC2CN(c3ccc(C#N)c(CN4CC(F)C4)c3)C2)CC1. The molecule has 7 rings (SSSR count). The van der Waals surface area contributed by atoms with Crippen LogP contribution in [0.2, 0.25) is 0 Å². The Morgan fingerprint density at radius 3 is 2.40 bits per heavy atom. The molecule has 3 atom stereocenters. The van der Waals surface area contributed by atoms with Gasteiger partial charge in [-0.15, -0.1) is 0 Å². The van der Waals surface area contributed by atoms with Crippen LogP contribution in [0.4, 0.5) is 14.5 Å². The number of anilines is 1. The van der Waals surface area contributed by atoms with Crippen LogP contribution in [0.1, 0.15) is 74.5 Å². The Morgan fingerprint density at radius 1 is 0.920 bits per heavy atom. The Morgan fingerprint density at radius 2 is 1.70 bits per heavy atom. The van der Waals surface area contributed by atoms with E-state index in [1.165, 1.54) is 26.4 Å². The fraction of sp³-hybridized carbons (Fsp3) is 0.659. The molecule has 1 saturated carbocycles. The Labute approximate surface area is 297 Å². The highest BCUT2D eigenvalue weighted by Gasteiger charge is 2.52. The number of carbonyl (C=O) groups is 1. The lowest BCUT2D eigenvalue weighted by Gasteiger charge is -2.53.